The van der Waals surface area contributed by atoms with Gasteiger partial charge in [-0.05, 0) is 25.1 Å². The maximum atomic E-state index is 13.7. The Labute approximate surface area is 124 Å². The quantitative estimate of drug-likeness (QED) is 0.860. The molecular formula is C14H12ClF2NO3. The maximum Gasteiger partial charge on any atom is 0.373 e. The van der Waals surface area contributed by atoms with Crippen LogP contribution < -0.4 is 5.32 Å². The summed E-state index contributed by atoms with van der Waals surface area (Å²) in [5.41, 5.74) is -0.0402. The highest BCUT2D eigenvalue weighted by molar-refractivity contribution is 6.33. The van der Waals surface area contributed by atoms with Crippen LogP contribution in [-0.2, 0) is 4.74 Å². The molecule has 4 nitrogen and oxygen atoms in total. The monoisotopic (exact) mass is 315 g/mol. The van der Waals surface area contributed by atoms with E-state index >= 15 is 0 Å². The average molecular weight is 316 g/mol. The second-order valence-corrected chi connectivity index (χ2v) is 4.71. The molecule has 2 aromatic rings. The maximum absolute atomic E-state index is 13.7. The van der Waals surface area contributed by atoms with E-state index in [4.69, 9.17) is 16.0 Å². The van der Waals surface area contributed by atoms with E-state index in [2.05, 4.69) is 10.1 Å². The summed E-state index contributed by atoms with van der Waals surface area (Å²) in [4.78, 5) is 11.3. The lowest BCUT2D eigenvalue weighted by Gasteiger charge is -2.15. The molecule has 0 spiro atoms. The normalized spacial score (nSPS) is 12.0. The van der Waals surface area contributed by atoms with Gasteiger partial charge in [0.15, 0.2) is 5.82 Å². The van der Waals surface area contributed by atoms with Gasteiger partial charge in [0.2, 0.25) is 5.76 Å². The number of halogens is 3. The van der Waals surface area contributed by atoms with E-state index in [1.54, 1.807) is 13.0 Å². The Bertz CT molecular complexity index is 649. The molecule has 0 radical (unpaired) electrons. The molecule has 1 unspecified atom stereocenters. The molecule has 0 amide bonds. The third-order valence-electron chi connectivity index (χ3n) is 2.81. The van der Waals surface area contributed by atoms with E-state index in [-0.39, 0.29) is 16.5 Å². The first-order chi connectivity index (χ1) is 9.92. The number of nitrogens with one attached hydrogen (secondary N) is 1. The van der Waals surface area contributed by atoms with E-state index in [1.807, 2.05) is 0 Å². The Hall–Kier alpha value is -2.08. The first-order valence-electron chi connectivity index (χ1n) is 6.01. The lowest BCUT2D eigenvalue weighted by atomic mass is 10.2. The Morgan fingerprint density at radius 1 is 1.38 bits per heavy atom. The van der Waals surface area contributed by atoms with Gasteiger partial charge in [-0.1, -0.05) is 11.6 Å². The van der Waals surface area contributed by atoms with Crippen molar-refractivity contribution in [3.05, 3.63) is 52.4 Å². The number of carbonyl (C=O) groups is 1. The third kappa shape index (κ3) is 3.33. The van der Waals surface area contributed by atoms with Crippen molar-refractivity contribution in [3.8, 4) is 0 Å². The first kappa shape index (κ1) is 15.3. The minimum Gasteiger partial charge on any atom is -0.463 e. The lowest BCUT2D eigenvalue weighted by Crippen LogP contribution is -2.08. The molecule has 2 rings (SSSR count). The summed E-state index contributed by atoms with van der Waals surface area (Å²) in [6.45, 7) is 1.68. The van der Waals surface area contributed by atoms with Crippen molar-refractivity contribution in [2.75, 3.05) is 12.4 Å². The molecule has 0 aliphatic carbocycles. The fraction of sp³-hybridized carbons (Fsp3) is 0.214. The van der Waals surface area contributed by atoms with Crippen LogP contribution in [-0.4, -0.2) is 13.1 Å². The van der Waals surface area contributed by atoms with Crippen LogP contribution in [0.1, 0.15) is 29.3 Å². The SMILES string of the molecule is COC(=O)c1ccc(C(C)Nc2c(F)cc(F)cc2Cl)o1. The molecule has 0 aliphatic heterocycles. The molecule has 1 heterocycles. The standard InChI is InChI=1S/C14H12ClF2NO3/c1-7(11-3-4-12(21-11)14(19)20-2)18-13-9(15)5-8(16)6-10(13)17/h3-7,18H,1-2H3. The van der Waals surface area contributed by atoms with Crippen LogP contribution in [0.15, 0.2) is 28.7 Å². The second kappa shape index (κ2) is 6.13. The summed E-state index contributed by atoms with van der Waals surface area (Å²) in [5, 5.41) is 2.69. The Morgan fingerprint density at radius 3 is 2.71 bits per heavy atom. The zero-order chi connectivity index (χ0) is 15.6. The van der Waals surface area contributed by atoms with E-state index < -0.39 is 23.6 Å². The van der Waals surface area contributed by atoms with Gasteiger partial charge < -0.3 is 14.5 Å². The predicted molar refractivity (Wildman–Crippen MR) is 73.5 cm³/mol. The number of methoxy groups -OCH3 is 1. The molecule has 1 atom stereocenters. The van der Waals surface area contributed by atoms with Crippen LogP contribution in [0.2, 0.25) is 5.02 Å². The fourth-order valence-corrected chi connectivity index (χ4v) is 2.01. The first-order valence-corrected chi connectivity index (χ1v) is 6.39. The number of benzene rings is 1. The van der Waals surface area contributed by atoms with Gasteiger partial charge in [-0.2, -0.15) is 0 Å². The van der Waals surface area contributed by atoms with Crippen LogP contribution >= 0.6 is 11.6 Å². The Balaban J connectivity index is 2.20. The van der Waals surface area contributed by atoms with Gasteiger partial charge in [0.25, 0.3) is 0 Å². The molecule has 0 aliphatic rings. The number of furan rings is 1. The van der Waals surface area contributed by atoms with Gasteiger partial charge in [0.05, 0.1) is 23.9 Å². The van der Waals surface area contributed by atoms with Gasteiger partial charge >= 0.3 is 5.97 Å². The van der Waals surface area contributed by atoms with Gasteiger partial charge in [0, 0.05) is 6.07 Å². The summed E-state index contributed by atoms with van der Waals surface area (Å²) in [5.74, 6) is -1.77. The van der Waals surface area contributed by atoms with Crippen LogP contribution in [0, 0.1) is 11.6 Å². The van der Waals surface area contributed by atoms with Crippen molar-refractivity contribution in [2.24, 2.45) is 0 Å². The van der Waals surface area contributed by atoms with Crippen molar-refractivity contribution in [1.82, 2.24) is 0 Å². The van der Waals surface area contributed by atoms with E-state index in [1.165, 1.54) is 13.2 Å². The van der Waals surface area contributed by atoms with Gasteiger partial charge in [-0.15, -0.1) is 0 Å². The second-order valence-electron chi connectivity index (χ2n) is 4.30. The van der Waals surface area contributed by atoms with E-state index in [0.717, 1.165) is 12.1 Å². The Kier molecular flexibility index (Phi) is 4.47. The summed E-state index contributed by atoms with van der Waals surface area (Å²) in [6, 6.07) is 4.24. The average Bonchev–Trinajstić information content (AvgIpc) is 2.91. The smallest absolute Gasteiger partial charge is 0.373 e. The van der Waals surface area contributed by atoms with E-state index in [9.17, 15) is 13.6 Å². The molecule has 0 saturated heterocycles. The molecule has 7 heteroatoms. The fourth-order valence-electron chi connectivity index (χ4n) is 1.76. The summed E-state index contributed by atoms with van der Waals surface area (Å²) in [6.07, 6.45) is 0. The van der Waals surface area contributed by atoms with Crippen molar-refractivity contribution in [1.29, 1.82) is 0 Å². The number of anilines is 1. The lowest BCUT2D eigenvalue weighted by molar-refractivity contribution is 0.0562. The summed E-state index contributed by atoms with van der Waals surface area (Å²) in [7, 11) is 1.24. The molecule has 21 heavy (non-hydrogen) atoms. The topological polar surface area (TPSA) is 51.5 Å². The number of rotatable bonds is 4. The largest absolute Gasteiger partial charge is 0.463 e. The minimum atomic E-state index is -0.813. The summed E-state index contributed by atoms with van der Waals surface area (Å²) >= 11 is 5.80. The van der Waals surface area contributed by atoms with E-state index in [0.29, 0.717) is 5.76 Å². The molecule has 0 saturated carbocycles. The van der Waals surface area contributed by atoms with Crippen LogP contribution in [0.25, 0.3) is 0 Å². The zero-order valence-corrected chi connectivity index (χ0v) is 12.0. The number of hydrogen-bond donors (Lipinski definition) is 1. The Morgan fingerprint density at radius 2 is 2.10 bits per heavy atom. The van der Waals surface area contributed by atoms with Crippen LogP contribution in [0.4, 0.5) is 14.5 Å². The van der Waals surface area contributed by atoms with Gasteiger partial charge in [-0.3, -0.25) is 0 Å². The van der Waals surface area contributed by atoms with Crippen molar-refractivity contribution in [3.63, 3.8) is 0 Å². The predicted octanol–water partition coefficient (Wildman–Crippen LogP) is 4.17. The molecule has 0 bridgehead atoms. The number of hydrogen-bond acceptors (Lipinski definition) is 4. The van der Waals surface area contributed by atoms with Crippen molar-refractivity contribution in [2.45, 2.75) is 13.0 Å². The van der Waals surface area contributed by atoms with Crippen LogP contribution in [0.3, 0.4) is 0 Å². The van der Waals surface area contributed by atoms with Crippen molar-refractivity contribution >= 4 is 23.3 Å². The molecule has 1 aromatic carbocycles. The summed E-state index contributed by atoms with van der Waals surface area (Å²) < 4.78 is 36.5. The minimum absolute atomic E-state index is 0.0341. The molecule has 1 N–H and O–H groups in total. The highest BCUT2D eigenvalue weighted by Crippen LogP contribution is 2.30. The molecule has 1 aromatic heterocycles. The van der Waals surface area contributed by atoms with Gasteiger partial charge in [0.1, 0.15) is 11.6 Å². The van der Waals surface area contributed by atoms with Gasteiger partial charge in [-0.25, -0.2) is 13.6 Å². The molecule has 112 valence electrons. The molecular weight excluding hydrogens is 304 g/mol. The number of carbonyl (C=O) groups excluding carboxylic acids is 1. The highest BCUT2D eigenvalue weighted by atomic mass is 35.5. The zero-order valence-electron chi connectivity index (χ0n) is 11.2. The number of esters is 1. The van der Waals surface area contributed by atoms with Crippen molar-refractivity contribution < 1.29 is 22.7 Å². The van der Waals surface area contributed by atoms with Crippen LogP contribution in [0.5, 0.6) is 0 Å². The number of ether oxygens (including phenoxy) is 1. The third-order valence-corrected chi connectivity index (χ3v) is 3.11. The molecule has 0 fully saturated rings. The highest BCUT2D eigenvalue weighted by Gasteiger charge is 2.18.